The molecule has 0 bridgehead atoms. The van der Waals surface area contributed by atoms with Gasteiger partial charge in [-0.3, -0.25) is 4.79 Å². The number of benzene rings is 2. The van der Waals surface area contributed by atoms with Crippen LogP contribution in [-0.2, 0) is 4.79 Å². The first-order chi connectivity index (χ1) is 9.29. The van der Waals surface area contributed by atoms with E-state index in [1.165, 1.54) is 11.1 Å². The summed E-state index contributed by atoms with van der Waals surface area (Å²) in [7, 11) is 0. The Morgan fingerprint density at radius 2 is 1.79 bits per heavy atom. The van der Waals surface area contributed by atoms with E-state index in [1.54, 1.807) is 0 Å². The average Bonchev–Trinajstić information content (AvgIpc) is 3.21. The van der Waals surface area contributed by atoms with E-state index >= 15 is 0 Å². The zero-order valence-electron chi connectivity index (χ0n) is 10.3. The number of hydrogen-bond donors (Lipinski definition) is 1. The van der Waals surface area contributed by atoms with Crippen molar-refractivity contribution in [3.05, 3.63) is 64.7 Å². The molecule has 96 valence electrons. The molecule has 0 heterocycles. The van der Waals surface area contributed by atoms with Crippen molar-refractivity contribution in [1.82, 2.24) is 0 Å². The molecule has 1 aliphatic rings. The maximum absolute atomic E-state index is 10.6. The lowest BCUT2D eigenvalue weighted by Crippen LogP contribution is -1.98. The first-order valence-electron chi connectivity index (χ1n) is 6.34. The average molecular weight is 272 g/mol. The van der Waals surface area contributed by atoms with Gasteiger partial charge in [0.25, 0.3) is 0 Å². The Morgan fingerprint density at radius 3 is 2.53 bits per heavy atom. The number of halogens is 1. The van der Waals surface area contributed by atoms with Gasteiger partial charge in [-0.15, -0.1) is 0 Å². The summed E-state index contributed by atoms with van der Waals surface area (Å²) in [6, 6.07) is 16.0. The van der Waals surface area contributed by atoms with Gasteiger partial charge in [0.1, 0.15) is 0 Å². The van der Waals surface area contributed by atoms with Gasteiger partial charge in [0.2, 0.25) is 6.41 Å². The van der Waals surface area contributed by atoms with Crippen molar-refractivity contribution in [2.75, 3.05) is 5.32 Å². The van der Waals surface area contributed by atoms with E-state index in [0.29, 0.717) is 11.8 Å². The first-order valence-corrected chi connectivity index (χ1v) is 6.72. The number of nitrogens with one attached hydrogen (secondary N) is 1. The van der Waals surface area contributed by atoms with E-state index in [4.69, 9.17) is 11.6 Å². The number of para-hydroxylation sites is 1. The van der Waals surface area contributed by atoms with Crippen LogP contribution in [0.3, 0.4) is 0 Å². The fourth-order valence-corrected chi connectivity index (χ4v) is 2.76. The normalized spacial score (nSPS) is 20.9. The van der Waals surface area contributed by atoms with Gasteiger partial charge in [0.05, 0.1) is 0 Å². The van der Waals surface area contributed by atoms with Gasteiger partial charge >= 0.3 is 0 Å². The van der Waals surface area contributed by atoms with Gasteiger partial charge in [-0.05, 0) is 47.6 Å². The van der Waals surface area contributed by atoms with Crippen LogP contribution in [0.2, 0.25) is 5.02 Å². The molecule has 0 radical (unpaired) electrons. The van der Waals surface area contributed by atoms with Crippen LogP contribution in [-0.4, -0.2) is 6.41 Å². The number of anilines is 1. The molecule has 3 rings (SSSR count). The van der Waals surface area contributed by atoms with Crippen molar-refractivity contribution in [2.24, 2.45) is 0 Å². The summed E-state index contributed by atoms with van der Waals surface area (Å²) < 4.78 is 0. The maximum Gasteiger partial charge on any atom is 0.211 e. The number of amides is 1. The van der Waals surface area contributed by atoms with E-state index in [-0.39, 0.29) is 0 Å². The molecular formula is C16H14ClNO. The maximum atomic E-state index is 10.6. The third kappa shape index (κ3) is 2.49. The van der Waals surface area contributed by atoms with Gasteiger partial charge in [-0.25, -0.2) is 0 Å². The van der Waals surface area contributed by atoms with Crippen LogP contribution < -0.4 is 5.32 Å². The summed E-state index contributed by atoms with van der Waals surface area (Å²) >= 11 is 5.91. The summed E-state index contributed by atoms with van der Waals surface area (Å²) in [6.07, 6.45) is 1.86. The second-order valence-corrected chi connectivity index (χ2v) is 5.29. The Labute approximate surface area is 117 Å². The molecule has 2 aromatic rings. The quantitative estimate of drug-likeness (QED) is 0.831. The number of carbonyl (C=O) groups is 1. The van der Waals surface area contributed by atoms with E-state index in [0.717, 1.165) is 23.5 Å². The largest absolute Gasteiger partial charge is 0.328 e. The summed E-state index contributed by atoms with van der Waals surface area (Å²) in [4.78, 5) is 10.6. The monoisotopic (exact) mass is 271 g/mol. The van der Waals surface area contributed by atoms with Gasteiger partial charge in [0, 0.05) is 10.7 Å². The van der Waals surface area contributed by atoms with Crippen LogP contribution in [0.15, 0.2) is 48.5 Å². The highest BCUT2D eigenvalue weighted by Gasteiger charge is 2.40. The van der Waals surface area contributed by atoms with Crippen molar-refractivity contribution >= 4 is 23.7 Å². The van der Waals surface area contributed by atoms with Crippen LogP contribution in [0.25, 0.3) is 0 Å². The van der Waals surface area contributed by atoms with Crippen LogP contribution >= 0.6 is 11.6 Å². The van der Waals surface area contributed by atoms with Crippen molar-refractivity contribution in [3.8, 4) is 0 Å². The highest BCUT2D eigenvalue weighted by Crippen LogP contribution is 2.56. The summed E-state index contributed by atoms with van der Waals surface area (Å²) in [5.41, 5.74) is 3.45. The van der Waals surface area contributed by atoms with Crippen LogP contribution in [0, 0.1) is 0 Å². The topological polar surface area (TPSA) is 29.1 Å². The SMILES string of the molecule is O=CNc1ccccc1C1CC1c1ccc(Cl)cc1. The first kappa shape index (κ1) is 12.2. The Hall–Kier alpha value is -1.80. The lowest BCUT2D eigenvalue weighted by molar-refractivity contribution is -0.105. The molecule has 0 spiro atoms. The molecule has 2 unspecified atom stereocenters. The summed E-state index contributed by atoms with van der Waals surface area (Å²) in [5.74, 6) is 1.02. The molecule has 0 saturated heterocycles. The molecule has 1 fully saturated rings. The van der Waals surface area contributed by atoms with Gasteiger partial charge in [-0.2, -0.15) is 0 Å². The highest BCUT2D eigenvalue weighted by atomic mass is 35.5. The highest BCUT2D eigenvalue weighted by molar-refractivity contribution is 6.30. The smallest absolute Gasteiger partial charge is 0.211 e. The molecule has 2 atom stereocenters. The molecule has 2 nitrogen and oxygen atoms in total. The molecular weight excluding hydrogens is 258 g/mol. The zero-order chi connectivity index (χ0) is 13.2. The molecule has 1 saturated carbocycles. The summed E-state index contributed by atoms with van der Waals surface area (Å²) in [5, 5.41) is 3.54. The lowest BCUT2D eigenvalue weighted by atomic mass is 10.0. The van der Waals surface area contributed by atoms with Crippen molar-refractivity contribution in [3.63, 3.8) is 0 Å². The Bertz CT molecular complexity index is 594. The van der Waals surface area contributed by atoms with E-state index in [2.05, 4.69) is 23.5 Å². The second-order valence-electron chi connectivity index (χ2n) is 4.85. The van der Waals surface area contributed by atoms with Gasteiger partial charge in [-0.1, -0.05) is 41.9 Å². The number of hydrogen-bond acceptors (Lipinski definition) is 1. The van der Waals surface area contributed by atoms with E-state index in [1.807, 2.05) is 30.3 Å². The molecule has 1 aliphatic carbocycles. The van der Waals surface area contributed by atoms with Gasteiger partial charge in [0.15, 0.2) is 0 Å². The van der Waals surface area contributed by atoms with Crippen molar-refractivity contribution in [1.29, 1.82) is 0 Å². The lowest BCUT2D eigenvalue weighted by Gasteiger charge is -2.07. The molecule has 2 aromatic carbocycles. The number of carbonyl (C=O) groups excluding carboxylic acids is 1. The fraction of sp³-hybridized carbons (Fsp3) is 0.188. The molecule has 3 heteroatoms. The Morgan fingerprint density at radius 1 is 1.05 bits per heavy atom. The zero-order valence-corrected chi connectivity index (χ0v) is 11.1. The second kappa shape index (κ2) is 5.06. The van der Waals surface area contributed by atoms with Crippen LogP contribution in [0.4, 0.5) is 5.69 Å². The third-order valence-corrected chi connectivity index (χ3v) is 3.92. The minimum absolute atomic E-state index is 0.491. The minimum atomic E-state index is 0.491. The van der Waals surface area contributed by atoms with Crippen LogP contribution in [0.1, 0.15) is 29.4 Å². The molecule has 1 N–H and O–H groups in total. The fourth-order valence-electron chi connectivity index (χ4n) is 2.63. The number of rotatable bonds is 4. The van der Waals surface area contributed by atoms with Gasteiger partial charge < -0.3 is 5.32 Å². The molecule has 0 aromatic heterocycles. The Balaban J connectivity index is 1.83. The van der Waals surface area contributed by atoms with E-state index in [9.17, 15) is 4.79 Å². The van der Waals surface area contributed by atoms with Crippen molar-refractivity contribution in [2.45, 2.75) is 18.3 Å². The van der Waals surface area contributed by atoms with Crippen molar-refractivity contribution < 1.29 is 4.79 Å². The molecule has 1 amide bonds. The Kier molecular flexibility index (Phi) is 3.26. The van der Waals surface area contributed by atoms with E-state index < -0.39 is 0 Å². The van der Waals surface area contributed by atoms with Crippen LogP contribution in [0.5, 0.6) is 0 Å². The predicted molar refractivity (Wildman–Crippen MR) is 77.7 cm³/mol. The molecule has 19 heavy (non-hydrogen) atoms. The molecule has 0 aliphatic heterocycles. The standard InChI is InChI=1S/C16H14ClNO/c17-12-7-5-11(6-8-12)14-9-15(14)13-3-1-2-4-16(13)18-10-19/h1-8,10,14-15H,9H2,(H,18,19). The predicted octanol–water partition coefficient (Wildman–Crippen LogP) is 4.18. The summed E-state index contributed by atoms with van der Waals surface area (Å²) in [6.45, 7) is 0. The third-order valence-electron chi connectivity index (χ3n) is 3.66. The minimum Gasteiger partial charge on any atom is -0.328 e.